The van der Waals surface area contributed by atoms with Gasteiger partial charge >= 0.3 is 0 Å². The molecule has 0 spiro atoms. The maximum absolute atomic E-state index is 12.5. The molecule has 14 heavy (non-hydrogen) atoms. The number of benzene rings is 1. The predicted octanol–water partition coefficient (Wildman–Crippen LogP) is 0.590. The number of aliphatic hydroxyl groups excluding tert-OH is 1. The molecule has 0 saturated heterocycles. The smallest absolute Gasteiger partial charge is 0.176 e. The first-order valence-electron chi connectivity index (χ1n) is 4.34. The molecule has 1 aromatic rings. The van der Waals surface area contributed by atoms with Gasteiger partial charge in [-0.15, -0.1) is 0 Å². The number of rotatable bonds is 5. The van der Waals surface area contributed by atoms with E-state index in [1.165, 1.54) is 24.3 Å². The zero-order chi connectivity index (χ0) is 10.4. The first-order chi connectivity index (χ1) is 6.74. The maximum Gasteiger partial charge on any atom is 0.176 e. The van der Waals surface area contributed by atoms with Crippen molar-refractivity contribution in [1.29, 1.82) is 0 Å². The van der Waals surface area contributed by atoms with Crippen LogP contribution in [0.3, 0.4) is 0 Å². The van der Waals surface area contributed by atoms with E-state index in [9.17, 15) is 9.18 Å². The molecule has 0 radical (unpaired) electrons. The normalized spacial score (nSPS) is 10.1. The summed E-state index contributed by atoms with van der Waals surface area (Å²) in [6, 6.07) is 5.38. The van der Waals surface area contributed by atoms with E-state index in [4.69, 9.17) is 5.11 Å². The van der Waals surface area contributed by atoms with E-state index in [1.54, 1.807) is 0 Å². The Kier molecular flexibility index (Phi) is 4.22. The van der Waals surface area contributed by atoms with Gasteiger partial charge in [0.2, 0.25) is 0 Å². The van der Waals surface area contributed by atoms with Crippen molar-refractivity contribution < 1.29 is 14.3 Å². The van der Waals surface area contributed by atoms with Gasteiger partial charge < -0.3 is 10.4 Å². The molecule has 0 aliphatic heterocycles. The molecular weight excluding hydrogens is 185 g/mol. The highest BCUT2D eigenvalue weighted by molar-refractivity contribution is 5.97. The van der Waals surface area contributed by atoms with Crippen molar-refractivity contribution in [3.8, 4) is 0 Å². The second-order valence-electron chi connectivity index (χ2n) is 2.83. The Labute approximate surface area is 81.6 Å². The highest BCUT2D eigenvalue weighted by Gasteiger charge is 2.04. The standard InChI is InChI=1S/C10H12FNO2/c11-9-3-1-8(2-4-9)10(14)7-12-5-6-13/h1-4,12-13H,5-7H2. The van der Waals surface area contributed by atoms with E-state index in [0.717, 1.165) is 0 Å². The van der Waals surface area contributed by atoms with Crippen LogP contribution in [-0.2, 0) is 0 Å². The SMILES string of the molecule is O=C(CNCCO)c1ccc(F)cc1. The van der Waals surface area contributed by atoms with Crippen LogP contribution in [0.4, 0.5) is 4.39 Å². The summed E-state index contributed by atoms with van der Waals surface area (Å²) in [5.41, 5.74) is 0.469. The number of hydrogen-bond donors (Lipinski definition) is 2. The molecule has 0 fully saturated rings. The van der Waals surface area contributed by atoms with Crippen LogP contribution < -0.4 is 5.32 Å². The second-order valence-corrected chi connectivity index (χ2v) is 2.83. The summed E-state index contributed by atoms with van der Waals surface area (Å²) >= 11 is 0. The molecule has 0 bridgehead atoms. The van der Waals surface area contributed by atoms with Gasteiger partial charge in [-0.05, 0) is 24.3 Å². The molecule has 1 rings (SSSR count). The molecule has 4 heteroatoms. The molecule has 0 aliphatic rings. The summed E-state index contributed by atoms with van der Waals surface area (Å²) in [5, 5.41) is 11.2. The van der Waals surface area contributed by atoms with Gasteiger partial charge in [-0.2, -0.15) is 0 Å². The number of ketones is 1. The third-order valence-corrected chi connectivity index (χ3v) is 1.74. The van der Waals surface area contributed by atoms with E-state index in [-0.39, 0.29) is 24.8 Å². The Bertz CT molecular complexity index is 297. The topological polar surface area (TPSA) is 49.3 Å². The van der Waals surface area contributed by atoms with E-state index in [0.29, 0.717) is 12.1 Å². The minimum Gasteiger partial charge on any atom is -0.395 e. The van der Waals surface area contributed by atoms with Gasteiger partial charge in [0.05, 0.1) is 13.2 Å². The minimum absolute atomic E-state index is 0.00328. The fourth-order valence-electron chi connectivity index (χ4n) is 1.02. The number of carbonyl (C=O) groups is 1. The summed E-state index contributed by atoms with van der Waals surface area (Å²) in [4.78, 5) is 11.4. The van der Waals surface area contributed by atoms with Crippen LogP contribution in [0, 0.1) is 5.82 Å². The predicted molar refractivity (Wildman–Crippen MR) is 50.7 cm³/mol. The Hall–Kier alpha value is -1.26. The lowest BCUT2D eigenvalue weighted by Gasteiger charge is -2.01. The molecule has 0 aromatic heterocycles. The number of Topliss-reactive ketones (excluding diaryl/α,β-unsaturated/α-hetero) is 1. The van der Waals surface area contributed by atoms with Gasteiger partial charge in [0.25, 0.3) is 0 Å². The first kappa shape index (κ1) is 10.8. The molecular formula is C10H12FNO2. The van der Waals surface area contributed by atoms with E-state index < -0.39 is 0 Å². The van der Waals surface area contributed by atoms with Crippen molar-refractivity contribution in [1.82, 2.24) is 5.32 Å². The number of hydrogen-bond acceptors (Lipinski definition) is 3. The zero-order valence-corrected chi connectivity index (χ0v) is 7.66. The highest BCUT2D eigenvalue weighted by Crippen LogP contribution is 2.02. The van der Waals surface area contributed by atoms with Crippen molar-refractivity contribution in [3.63, 3.8) is 0 Å². The van der Waals surface area contributed by atoms with Crippen molar-refractivity contribution in [3.05, 3.63) is 35.6 Å². The summed E-state index contributed by atoms with van der Waals surface area (Å²) in [6.07, 6.45) is 0. The van der Waals surface area contributed by atoms with Crippen molar-refractivity contribution in [2.45, 2.75) is 0 Å². The Morgan fingerprint density at radius 2 is 2.00 bits per heavy atom. The van der Waals surface area contributed by atoms with Gasteiger partial charge in [0.15, 0.2) is 5.78 Å². The fraction of sp³-hybridized carbons (Fsp3) is 0.300. The number of aliphatic hydroxyl groups is 1. The lowest BCUT2D eigenvalue weighted by molar-refractivity contribution is 0.0989. The van der Waals surface area contributed by atoms with Crippen LogP contribution in [-0.4, -0.2) is 30.6 Å². The summed E-state index contributed by atoms with van der Waals surface area (Å²) in [5.74, 6) is -0.469. The average molecular weight is 197 g/mol. The molecule has 1 aromatic carbocycles. The largest absolute Gasteiger partial charge is 0.395 e. The van der Waals surface area contributed by atoms with Crippen LogP contribution >= 0.6 is 0 Å². The van der Waals surface area contributed by atoms with Crippen molar-refractivity contribution in [2.75, 3.05) is 19.7 Å². The molecule has 2 N–H and O–H groups in total. The molecule has 0 aliphatic carbocycles. The molecule has 0 atom stereocenters. The van der Waals surface area contributed by atoms with Crippen LogP contribution in [0.25, 0.3) is 0 Å². The summed E-state index contributed by atoms with van der Waals surface area (Å²) in [6.45, 7) is 0.538. The van der Waals surface area contributed by atoms with E-state index in [1.807, 2.05) is 0 Å². The van der Waals surface area contributed by atoms with Gasteiger partial charge in [0.1, 0.15) is 5.82 Å². The highest BCUT2D eigenvalue weighted by atomic mass is 19.1. The lowest BCUT2D eigenvalue weighted by atomic mass is 10.1. The molecule has 0 saturated carbocycles. The Morgan fingerprint density at radius 3 is 2.57 bits per heavy atom. The van der Waals surface area contributed by atoms with Crippen LogP contribution in [0.5, 0.6) is 0 Å². The monoisotopic (exact) mass is 197 g/mol. The Morgan fingerprint density at radius 1 is 1.36 bits per heavy atom. The summed E-state index contributed by atoms with van der Waals surface area (Å²) < 4.78 is 12.5. The van der Waals surface area contributed by atoms with Gasteiger partial charge in [-0.3, -0.25) is 4.79 Å². The number of nitrogens with one attached hydrogen (secondary N) is 1. The molecule has 3 nitrogen and oxygen atoms in total. The lowest BCUT2D eigenvalue weighted by Crippen LogP contribution is -2.25. The van der Waals surface area contributed by atoms with Crippen LogP contribution in [0.15, 0.2) is 24.3 Å². The Balaban J connectivity index is 2.48. The number of carbonyl (C=O) groups excluding carboxylic acids is 1. The second kappa shape index (κ2) is 5.47. The first-order valence-corrected chi connectivity index (χ1v) is 4.34. The molecule has 0 heterocycles. The zero-order valence-electron chi connectivity index (χ0n) is 7.66. The van der Waals surface area contributed by atoms with Crippen molar-refractivity contribution >= 4 is 5.78 Å². The maximum atomic E-state index is 12.5. The third kappa shape index (κ3) is 3.24. The van der Waals surface area contributed by atoms with Gasteiger partial charge in [-0.1, -0.05) is 0 Å². The quantitative estimate of drug-likeness (QED) is 0.536. The van der Waals surface area contributed by atoms with E-state index >= 15 is 0 Å². The number of halogens is 1. The molecule has 76 valence electrons. The minimum atomic E-state index is -0.357. The van der Waals surface area contributed by atoms with Crippen LogP contribution in [0.1, 0.15) is 10.4 Å². The van der Waals surface area contributed by atoms with Crippen LogP contribution in [0.2, 0.25) is 0 Å². The summed E-state index contributed by atoms with van der Waals surface area (Å²) in [7, 11) is 0. The molecule has 0 amide bonds. The van der Waals surface area contributed by atoms with E-state index in [2.05, 4.69) is 5.32 Å². The average Bonchev–Trinajstić information content (AvgIpc) is 2.19. The van der Waals surface area contributed by atoms with Gasteiger partial charge in [0, 0.05) is 12.1 Å². The molecule has 0 unspecified atom stereocenters. The third-order valence-electron chi connectivity index (χ3n) is 1.74. The van der Waals surface area contributed by atoms with Crippen molar-refractivity contribution in [2.24, 2.45) is 0 Å². The van der Waals surface area contributed by atoms with Gasteiger partial charge in [-0.25, -0.2) is 4.39 Å². The fourth-order valence-corrected chi connectivity index (χ4v) is 1.02.